The van der Waals surface area contributed by atoms with Gasteiger partial charge in [0, 0.05) is 51.0 Å². The molecule has 3 heterocycles. The highest BCUT2D eigenvalue weighted by atomic mass is 16.2. The fraction of sp³-hybridized carbons (Fsp3) is 0.320. The van der Waals surface area contributed by atoms with Gasteiger partial charge in [0.15, 0.2) is 0 Å². The van der Waals surface area contributed by atoms with Crippen molar-refractivity contribution >= 4 is 17.5 Å². The van der Waals surface area contributed by atoms with Gasteiger partial charge in [0.2, 0.25) is 0 Å². The zero-order valence-electron chi connectivity index (χ0n) is 18.5. The molecule has 3 aromatic rings. The first-order valence-electron chi connectivity index (χ1n) is 11.0. The third kappa shape index (κ3) is 3.58. The lowest BCUT2D eigenvalue weighted by molar-refractivity contribution is 0.0642. The van der Waals surface area contributed by atoms with Crippen LogP contribution >= 0.6 is 0 Å². The summed E-state index contributed by atoms with van der Waals surface area (Å²) in [6, 6.07) is 16.1. The van der Waals surface area contributed by atoms with Gasteiger partial charge in [-0.2, -0.15) is 5.10 Å². The van der Waals surface area contributed by atoms with E-state index in [9.17, 15) is 9.59 Å². The van der Waals surface area contributed by atoms with Crippen molar-refractivity contribution in [2.45, 2.75) is 20.0 Å². The number of hydrogen-bond donors (Lipinski definition) is 0. The third-order valence-electron chi connectivity index (χ3n) is 6.60. The molecule has 0 spiro atoms. The number of imide groups is 1. The molecular formula is C25H27N5O2. The molecule has 7 heteroatoms. The highest BCUT2D eigenvalue weighted by Gasteiger charge is 2.39. The Bertz CT molecular complexity index is 1160. The minimum absolute atomic E-state index is 0.212. The van der Waals surface area contributed by atoms with E-state index in [1.807, 2.05) is 32.2 Å². The molecule has 2 amide bonds. The van der Waals surface area contributed by atoms with Crippen molar-refractivity contribution in [1.82, 2.24) is 19.6 Å². The van der Waals surface area contributed by atoms with E-state index >= 15 is 0 Å². The van der Waals surface area contributed by atoms with Gasteiger partial charge in [-0.3, -0.25) is 24.1 Å². The van der Waals surface area contributed by atoms with Crippen LogP contribution in [0.5, 0.6) is 0 Å². The first-order chi connectivity index (χ1) is 15.5. The number of nitrogens with zero attached hydrogens (tertiary/aromatic N) is 5. The molecule has 0 bridgehead atoms. The van der Waals surface area contributed by atoms with Crippen molar-refractivity contribution < 1.29 is 9.59 Å². The van der Waals surface area contributed by atoms with Crippen LogP contribution in [-0.2, 0) is 20.1 Å². The second kappa shape index (κ2) is 8.24. The van der Waals surface area contributed by atoms with Gasteiger partial charge in [-0.05, 0) is 24.6 Å². The van der Waals surface area contributed by atoms with Gasteiger partial charge >= 0.3 is 0 Å². The topological polar surface area (TPSA) is 61.7 Å². The Morgan fingerprint density at radius 2 is 1.62 bits per heavy atom. The minimum atomic E-state index is -0.224. The Labute approximate surface area is 187 Å². The van der Waals surface area contributed by atoms with Crippen molar-refractivity contribution in [1.29, 1.82) is 0 Å². The molecule has 5 rings (SSSR count). The maximum atomic E-state index is 13.3. The van der Waals surface area contributed by atoms with Gasteiger partial charge in [0.25, 0.3) is 11.8 Å². The van der Waals surface area contributed by atoms with Crippen LogP contribution in [-0.4, -0.2) is 57.6 Å². The number of hydrogen-bond acceptors (Lipinski definition) is 5. The quantitative estimate of drug-likeness (QED) is 0.584. The highest BCUT2D eigenvalue weighted by molar-refractivity contribution is 6.23. The SMILES string of the molecule is Cc1c(CN2C(=O)c3cccc(N4CCN(Cc5ccccc5)CC4)c3C2=O)cnn1C. The van der Waals surface area contributed by atoms with Crippen LogP contribution in [0.4, 0.5) is 5.69 Å². The van der Waals surface area contributed by atoms with Crippen LogP contribution in [0.15, 0.2) is 54.7 Å². The molecule has 0 aliphatic carbocycles. The Morgan fingerprint density at radius 1 is 0.875 bits per heavy atom. The molecule has 0 radical (unpaired) electrons. The third-order valence-corrected chi connectivity index (χ3v) is 6.60. The van der Waals surface area contributed by atoms with E-state index in [4.69, 9.17) is 0 Å². The van der Waals surface area contributed by atoms with Gasteiger partial charge < -0.3 is 4.90 Å². The smallest absolute Gasteiger partial charge is 0.263 e. The summed E-state index contributed by atoms with van der Waals surface area (Å²) in [5.74, 6) is -0.437. The molecule has 1 saturated heterocycles. The number of amides is 2. The lowest BCUT2D eigenvalue weighted by atomic mass is 10.1. The molecular weight excluding hydrogens is 402 g/mol. The fourth-order valence-corrected chi connectivity index (χ4v) is 4.58. The molecule has 7 nitrogen and oxygen atoms in total. The number of carbonyl (C=O) groups is 2. The van der Waals surface area contributed by atoms with E-state index in [-0.39, 0.29) is 18.4 Å². The summed E-state index contributed by atoms with van der Waals surface area (Å²) in [5.41, 5.74) is 5.06. The lowest BCUT2D eigenvalue weighted by Crippen LogP contribution is -2.46. The molecule has 0 saturated carbocycles. The summed E-state index contributed by atoms with van der Waals surface area (Å²) in [5, 5.41) is 4.24. The van der Waals surface area contributed by atoms with Crippen molar-refractivity contribution in [3.63, 3.8) is 0 Å². The van der Waals surface area contributed by atoms with Crippen LogP contribution in [0.2, 0.25) is 0 Å². The molecule has 1 fully saturated rings. The van der Waals surface area contributed by atoms with E-state index in [2.05, 4.69) is 39.2 Å². The number of carbonyl (C=O) groups excluding carboxylic acids is 2. The van der Waals surface area contributed by atoms with Crippen molar-refractivity contribution in [2.75, 3.05) is 31.1 Å². The van der Waals surface area contributed by atoms with Crippen LogP contribution in [0, 0.1) is 6.92 Å². The molecule has 2 aliphatic heterocycles. The summed E-state index contributed by atoms with van der Waals surface area (Å²) < 4.78 is 1.76. The molecule has 0 unspecified atom stereocenters. The Hall–Kier alpha value is -3.45. The standard InChI is InChI=1S/C25H27N5O2/c1-18-20(15-26-27(18)2)17-30-24(31)21-9-6-10-22(23(21)25(30)32)29-13-11-28(12-14-29)16-19-7-4-3-5-8-19/h3-10,15H,11-14,16-17H2,1-2H3. The van der Waals surface area contributed by atoms with Gasteiger partial charge in [0.05, 0.1) is 29.6 Å². The van der Waals surface area contributed by atoms with E-state index in [1.165, 1.54) is 10.5 Å². The number of benzene rings is 2. The predicted molar refractivity (Wildman–Crippen MR) is 123 cm³/mol. The van der Waals surface area contributed by atoms with Crippen molar-refractivity contribution in [3.05, 3.63) is 82.7 Å². The van der Waals surface area contributed by atoms with Crippen LogP contribution < -0.4 is 4.90 Å². The molecule has 2 aliphatic rings. The molecule has 0 N–H and O–H groups in total. The average molecular weight is 430 g/mol. The van der Waals surface area contributed by atoms with E-state index < -0.39 is 0 Å². The predicted octanol–water partition coefficient (Wildman–Crippen LogP) is 2.85. The summed E-state index contributed by atoms with van der Waals surface area (Å²) in [7, 11) is 1.86. The zero-order valence-corrected chi connectivity index (χ0v) is 18.5. The number of anilines is 1. The maximum Gasteiger partial charge on any atom is 0.263 e. The highest BCUT2D eigenvalue weighted by Crippen LogP contribution is 2.33. The van der Waals surface area contributed by atoms with Crippen molar-refractivity contribution in [2.24, 2.45) is 7.05 Å². The summed E-state index contributed by atoms with van der Waals surface area (Å²) >= 11 is 0. The first kappa shape index (κ1) is 20.5. The van der Waals surface area contributed by atoms with E-state index in [0.29, 0.717) is 11.1 Å². The maximum absolute atomic E-state index is 13.3. The molecule has 1 aromatic heterocycles. The van der Waals surface area contributed by atoms with Crippen molar-refractivity contribution in [3.8, 4) is 0 Å². The van der Waals surface area contributed by atoms with Gasteiger partial charge in [-0.25, -0.2) is 0 Å². The second-order valence-electron chi connectivity index (χ2n) is 8.52. The van der Waals surface area contributed by atoms with Crippen LogP contribution in [0.3, 0.4) is 0 Å². The first-order valence-corrected chi connectivity index (χ1v) is 11.0. The Kier molecular flexibility index (Phi) is 5.27. The molecule has 32 heavy (non-hydrogen) atoms. The molecule has 164 valence electrons. The van der Waals surface area contributed by atoms with E-state index in [0.717, 1.165) is 49.7 Å². The largest absolute Gasteiger partial charge is 0.368 e. The lowest BCUT2D eigenvalue weighted by Gasteiger charge is -2.36. The minimum Gasteiger partial charge on any atom is -0.368 e. The van der Waals surface area contributed by atoms with Gasteiger partial charge in [-0.15, -0.1) is 0 Å². The fourth-order valence-electron chi connectivity index (χ4n) is 4.58. The Balaban J connectivity index is 1.33. The normalized spacial score (nSPS) is 16.7. The monoisotopic (exact) mass is 429 g/mol. The Morgan fingerprint density at radius 3 is 2.31 bits per heavy atom. The summed E-state index contributed by atoms with van der Waals surface area (Å²) in [6.07, 6.45) is 1.73. The molecule has 0 atom stereocenters. The zero-order chi connectivity index (χ0) is 22.2. The number of aryl methyl sites for hydroxylation is 1. The van der Waals surface area contributed by atoms with E-state index in [1.54, 1.807) is 16.9 Å². The summed E-state index contributed by atoms with van der Waals surface area (Å²) in [4.78, 5) is 32.4. The number of aromatic nitrogens is 2. The number of rotatable bonds is 5. The summed E-state index contributed by atoms with van der Waals surface area (Å²) in [6.45, 7) is 6.60. The van der Waals surface area contributed by atoms with Crippen LogP contribution in [0.25, 0.3) is 0 Å². The second-order valence-corrected chi connectivity index (χ2v) is 8.52. The molecule has 2 aromatic carbocycles. The van der Waals surface area contributed by atoms with Crippen LogP contribution in [0.1, 0.15) is 37.5 Å². The van der Waals surface area contributed by atoms with Gasteiger partial charge in [0.1, 0.15) is 0 Å². The number of fused-ring (bicyclic) bond motifs is 1. The average Bonchev–Trinajstić information content (AvgIpc) is 3.26. The van der Waals surface area contributed by atoms with Gasteiger partial charge in [-0.1, -0.05) is 36.4 Å². The number of piperazine rings is 1.